The minimum atomic E-state index is -0.897. The zero-order valence-electron chi connectivity index (χ0n) is 12.6. The molecule has 0 aromatic heterocycles. The average Bonchev–Trinajstić information content (AvgIpc) is 2.55. The lowest BCUT2D eigenvalue weighted by Gasteiger charge is -2.16. The molecule has 0 aliphatic rings. The van der Waals surface area contributed by atoms with Crippen molar-refractivity contribution in [1.29, 1.82) is 0 Å². The average molecular weight is 319 g/mol. The normalized spacial score (nSPS) is 10.1. The van der Waals surface area contributed by atoms with E-state index < -0.39 is 12.2 Å². The molecule has 9 nitrogen and oxygen atoms in total. The summed E-state index contributed by atoms with van der Waals surface area (Å²) in [5.74, 6) is 10.1. The molecule has 0 unspecified atom stereocenters. The molecule has 0 spiro atoms. The Morgan fingerprint density at radius 2 is 1.61 bits per heavy atom. The van der Waals surface area contributed by atoms with Crippen LogP contribution in [0.25, 0.3) is 10.8 Å². The van der Waals surface area contributed by atoms with Crippen LogP contribution in [0.4, 0.5) is 15.3 Å². The lowest BCUT2D eigenvalue weighted by molar-refractivity contribution is 0.190. The molecule has 6 N–H and O–H groups in total. The number of hydrogen-bond acceptors (Lipinski definition) is 7. The van der Waals surface area contributed by atoms with Gasteiger partial charge in [0.2, 0.25) is 0 Å². The third-order valence-electron chi connectivity index (χ3n) is 3.07. The Hall–Kier alpha value is -3.04. The molecule has 0 saturated carbocycles. The highest BCUT2D eigenvalue weighted by atomic mass is 16.6. The standard InChI is InChI=1S/C14H17N5O4/c1-19(2)9-5-3-8-4-6-11(22-13(20)17-15)12(10(8)7-9)23-14(21)18-16/h3-7H,15-16H2,1-2H3,(H,17,20)(H,18,21). The van der Waals surface area contributed by atoms with Crippen molar-refractivity contribution in [3.8, 4) is 11.5 Å². The van der Waals surface area contributed by atoms with E-state index >= 15 is 0 Å². The second-order valence-electron chi connectivity index (χ2n) is 4.76. The summed E-state index contributed by atoms with van der Waals surface area (Å²) in [4.78, 5) is 24.7. The van der Waals surface area contributed by atoms with Crippen LogP contribution >= 0.6 is 0 Å². The van der Waals surface area contributed by atoms with Crippen LogP contribution in [0, 0.1) is 0 Å². The van der Waals surface area contributed by atoms with Crippen molar-refractivity contribution in [3.63, 3.8) is 0 Å². The Balaban J connectivity index is 2.62. The van der Waals surface area contributed by atoms with E-state index in [2.05, 4.69) is 0 Å². The second kappa shape index (κ2) is 6.81. The number of amides is 2. The van der Waals surface area contributed by atoms with Crippen LogP contribution < -0.4 is 36.9 Å². The molecule has 0 aliphatic heterocycles. The van der Waals surface area contributed by atoms with Gasteiger partial charge in [0, 0.05) is 25.2 Å². The Labute approximate surface area is 132 Å². The fourth-order valence-electron chi connectivity index (χ4n) is 1.98. The summed E-state index contributed by atoms with van der Waals surface area (Å²) in [7, 11) is 3.74. The first kappa shape index (κ1) is 16.3. The smallest absolute Gasteiger partial charge is 0.405 e. The summed E-state index contributed by atoms with van der Waals surface area (Å²) in [6.07, 6.45) is -1.79. The highest BCUT2D eigenvalue weighted by molar-refractivity contribution is 5.95. The van der Waals surface area contributed by atoms with Crippen LogP contribution in [0.3, 0.4) is 0 Å². The first-order valence-electron chi connectivity index (χ1n) is 6.57. The van der Waals surface area contributed by atoms with Crippen LogP contribution in [0.15, 0.2) is 30.3 Å². The number of fused-ring (bicyclic) bond motifs is 1. The SMILES string of the molecule is CN(C)c1ccc2ccc(OC(=O)NN)c(OC(=O)NN)c2c1. The number of nitrogens with zero attached hydrogens (tertiary/aromatic N) is 1. The first-order chi connectivity index (χ1) is 11.0. The number of ether oxygens (including phenoxy) is 2. The van der Waals surface area contributed by atoms with Gasteiger partial charge >= 0.3 is 12.2 Å². The van der Waals surface area contributed by atoms with E-state index in [0.29, 0.717) is 5.39 Å². The van der Waals surface area contributed by atoms with Crippen molar-refractivity contribution >= 4 is 28.6 Å². The zero-order valence-corrected chi connectivity index (χ0v) is 12.6. The van der Waals surface area contributed by atoms with E-state index in [-0.39, 0.29) is 11.5 Å². The van der Waals surface area contributed by atoms with Crippen molar-refractivity contribution in [3.05, 3.63) is 30.3 Å². The predicted molar refractivity (Wildman–Crippen MR) is 85.0 cm³/mol. The molecule has 2 amide bonds. The quantitative estimate of drug-likeness (QED) is 0.374. The van der Waals surface area contributed by atoms with Gasteiger partial charge in [0.05, 0.1) is 0 Å². The summed E-state index contributed by atoms with van der Waals surface area (Å²) < 4.78 is 10.2. The maximum Gasteiger partial charge on any atom is 0.427 e. The highest BCUT2D eigenvalue weighted by Gasteiger charge is 2.17. The largest absolute Gasteiger partial charge is 0.427 e. The summed E-state index contributed by atoms with van der Waals surface area (Å²) in [5, 5.41) is 1.36. The van der Waals surface area contributed by atoms with E-state index in [1.807, 2.05) is 42.0 Å². The lowest BCUT2D eigenvalue weighted by atomic mass is 10.1. The van der Waals surface area contributed by atoms with E-state index in [0.717, 1.165) is 11.1 Å². The number of hydrazine groups is 2. The minimum absolute atomic E-state index is 0.0277. The molecular weight excluding hydrogens is 302 g/mol. The molecule has 0 aliphatic carbocycles. The molecule has 23 heavy (non-hydrogen) atoms. The monoisotopic (exact) mass is 319 g/mol. The molecule has 9 heteroatoms. The van der Waals surface area contributed by atoms with Crippen LogP contribution in [-0.4, -0.2) is 26.3 Å². The number of hydrogen-bond donors (Lipinski definition) is 4. The van der Waals surface area contributed by atoms with Gasteiger partial charge in [-0.15, -0.1) is 0 Å². The molecule has 0 heterocycles. The highest BCUT2D eigenvalue weighted by Crippen LogP contribution is 2.37. The van der Waals surface area contributed by atoms with Crippen LogP contribution in [0.5, 0.6) is 11.5 Å². The molecule has 0 atom stereocenters. The predicted octanol–water partition coefficient (Wildman–Crippen LogP) is 0.830. The molecule has 2 aromatic carbocycles. The molecule has 122 valence electrons. The first-order valence-corrected chi connectivity index (χ1v) is 6.57. The van der Waals surface area contributed by atoms with Crippen LogP contribution in [-0.2, 0) is 0 Å². The number of nitrogens with one attached hydrogen (secondary N) is 2. The number of carbonyl (C=O) groups is 2. The Morgan fingerprint density at radius 3 is 2.22 bits per heavy atom. The van der Waals surface area contributed by atoms with Crippen LogP contribution in [0.1, 0.15) is 0 Å². The van der Waals surface area contributed by atoms with Gasteiger partial charge in [-0.1, -0.05) is 12.1 Å². The summed E-state index contributed by atoms with van der Waals surface area (Å²) in [6.45, 7) is 0. The van der Waals surface area contributed by atoms with E-state index in [9.17, 15) is 9.59 Å². The molecule has 2 rings (SSSR count). The van der Waals surface area contributed by atoms with Gasteiger partial charge in [0.25, 0.3) is 0 Å². The van der Waals surface area contributed by atoms with E-state index in [1.54, 1.807) is 12.1 Å². The molecule has 2 aromatic rings. The zero-order chi connectivity index (χ0) is 17.0. The number of benzene rings is 2. The van der Waals surface area contributed by atoms with Gasteiger partial charge < -0.3 is 14.4 Å². The fourth-order valence-corrected chi connectivity index (χ4v) is 1.98. The number of anilines is 1. The van der Waals surface area contributed by atoms with Crippen LogP contribution in [0.2, 0.25) is 0 Å². The molecule has 0 radical (unpaired) electrons. The van der Waals surface area contributed by atoms with Gasteiger partial charge in [0.15, 0.2) is 11.5 Å². The lowest BCUT2D eigenvalue weighted by Crippen LogP contribution is -2.34. The Kier molecular flexibility index (Phi) is 4.84. The van der Waals surface area contributed by atoms with E-state index in [1.165, 1.54) is 6.07 Å². The maximum atomic E-state index is 11.5. The fraction of sp³-hybridized carbons (Fsp3) is 0.143. The molecule has 0 fully saturated rings. The van der Waals surface area contributed by atoms with E-state index in [4.69, 9.17) is 21.2 Å². The number of rotatable bonds is 3. The van der Waals surface area contributed by atoms with Gasteiger partial charge in [-0.25, -0.2) is 21.3 Å². The third-order valence-corrected chi connectivity index (χ3v) is 3.07. The summed E-state index contributed by atoms with van der Waals surface area (Å²) in [6, 6.07) is 8.77. The number of carbonyl (C=O) groups excluding carboxylic acids is 2. The van der Waals surface area contributed by atoms with Crippen molar-refractivity contribution in [1.82, 2.24) is 10.9 Å². The Bertz CT molecular complexity index is 747. The van der Waals surface area contributed by atoms with Crippen molar-refractivity contribution in [2.24, 2.45) is 11.7 Å². The Morgan fingerprint density at radius 1 is 1.00 bits per heavy atom. The van der Waals surface area contributed by atoms with Crippen molar-refractivity contribution in [2.45, 2.75) is 0 Å². The van der Waals surface area contributed by atoms with Gasteiger partial charge in [0.1, 0.15) is 0 Å². The summed E-state index contributed by atoms with van der Waals surface area (Å²) >= 11 is 0. The number of nitrogens with two attached hydrogens (primary N) is 2. The second-order valence-corrected chi connectivity index (χ2v) is 4.76. The molecule has 0 bridgehead atoms. The summed E-state index contributed by atoms with van der Waals surface area (Å²) in [5.41, 5.74) is 4.56. The van der Waals surface area contributed by atoms with Gasteiger partial charge in [-0.2, -0.15) is 0 Å². The van der Waals surface area contributed by atoms with Gasteiger partial charge in [-0.05, 0) is 23.6 Å². The minimum Gasteiger partial charge on any atom is -0.405 e. The van der Waals surface area contributed by atoms with Crippen molar-refractivity contribution in [2.75, 3.05) is 19.0 Å². The third kappa shape index (κ3) is 3.59. The molecular formula is C14H17N5O4. The topological polar surface area (TPSA) is 132 Å². The van der Waals surface area contributed by atoms with Gasteiger partial charge in [-0.3, -0.25) is 10.9 Å². The van der Waals surface area contributed by atoms with Crippen molar-refractivity contribution < 1.29 is 19.1 Å². The molecule has 0 saturated heterocycles. The maximum absolute atomic E-state index is 11.5.